The fraction of sp³-hybridized carbons (Fsp3) is 0.280. The summed E-state index contributed by atoms with van der Waals surface area (Å²) in [4.78, 5) is 0. The van der Waals surface area contributed by atoms with Crippen molar-refractivity contribution in [3.63, 3.8) is 0 Å². The molecule has 0 aliphatic carbocycles. The minimum absolute atomic E-state index is 0.126. The van der Waals surface area contributed by atoms with E-state index < -0.39 is 11.7 Å². The van der Waals surface area contributed by atoms with Gasteiger partial charge in [0.05, 0.1) is 25.4 Å². The van der Waals surface area contributed by atoms with Gasteiger partial charge in [0.25, 0.3) is 0 Å². The summed E-state index contributed by atoms with van der Waals surface area (Å²) in [7, 11) is 0. The molecule has 6 rings (SSSR count). The average molecular weight is 418 g/mol. The van der Waals surface area contributed by atoms with Crippen molar-refractivity contribution in [2.75, 3.05) is 13.2 Å². The van der Waals surface area contributed by atoms with Gasteiger partial charge >= 0.3 is 0 Å². The Kier molecular flexibility index (Phi) is 4.21. The van der Waals surface area contributed by atoms with Gasteiger partial charge in [-0.1, -0.05) is 24.3 Å². The Morgan fingerprint density at radius 3 is 2.61 bits per heavy atom. The molecule has 0 saturated carbocycles. The van der Waals surface area contributed by atoms with Gasteiger partial charge in [0.1, 0.15) is 29.6 Å². The second-order valence-corrected chi connectivity index (χ2v) is 8.22. The topological polar surface area (TPSA) is 80.7 Å². The lowest BCUT2D eigenvalue weighted by atomic mass is 9.77. The number of aliphatic hydroxyl groups is 1. The second-order valence-electron chi connectivity index (χ2n) is 8.22. The maximum Gasteiger partial charge on any atom is 0.151 e. The monoisotopic (exact) mass is 418 g/mol. The number of epoxide rings is 1. The van der Waals surface area contributed by atoms with Crippen LogP contribution in [-0.4, -0.2) is 35.6 Å². The smallest absolute Gasteiger partial charge is 0.151 e. The number of benzene rings is 3. The van der Waals surface area contributed by atoms with Crippen molar-refractivity contribution in [3.05, 3.63) is 82.9 Å². The van der Waals surface area contributed by atoms with Gasteiger partial charge in [-0.05, 0) is 35.4 Å². The molecule has 2 N–H and O–H groups in total. The molecule has 3 aromatic rings. The fourth-order valence-electron chi connectivity index (χ4n) is 4.58. The van der Waals surface area contributed by atoms with Crippen LogP contribution in [0.2, 0.25) is 0 Å². The zero-order chi connectivity index (χ0) is 21.0. The van der Waals surface area contributed by atoms with E-state index in [9.17, 15) is 10.2 Å². The molecule has 158 valence electrons. The highest BCUT2D eigenvalue weighted by Gasteiger charge is 2.49. The van der Waals surface area contributed by atoms with Crippen molar-refractivity contribution in [1.82, 2.24) is 0 Å². The van der Waals surface area contributed by atoms with E-state index in [0.717, 1.165) is 22.3 Å². The Labute approximate surface area is 179 Å². The average Bonchev–Trinajstić information content (AvgIpc) is 3.51. The molecular formula is C25H22O6. The minimum atomic E-state index is -0.811. The molecular weight excluding hydrogens is 396 g/mol. The van der Waals surface area contributed by atoms with E-state index in [2.05, 4.69) is 12.1 Å². The first-order valence-corrected chi connectivity index (χ1v) is 10.4. The summed E-state index contributed by atoms with van der Waals surface area (Å²) in [6, 6.07) is 18.9. The van der Waals surface area contributed by atoms with Gasteiger partial charge in [-0.25, -0.2) is 0 Å². The molecule has 3 unspecified atom stereocenters. The van der Waals surface area contributed by atoms with Crippen molar-refractivity contribution in [2.24, 2.45) is 0 Å². The Balaban J connectivity index is 1.40. The third-order valence-corrected chi connectivity index (χ3v) is 6.12. The van der Waals surface area contributed by atoms with E-state index in [1.807, 2.05) is 36.4 Å². The number of hydrogen-bond acceptors (Lipinski definition) is 6. The largest absolute Gasteiger partial charge is 0.508 e. The summed E-state index contributed by atoms with van der Waals surface area (Å²) in [6.07, 6.45) is 0.134. The lowest BCUT2D eigenvalue weighted by molar-refractivity contribution is 0.0198. The first kappa shape index (κ1) is 18.7. The van der Waals surface area contributed by atoms with E-state index in [1.165, 1.54) is 0 Å². The molecule has 1 saturated heterocycles. The number of hydrogen-bond donors (Lipinski definition) is 2. The number of phenols is 1. The van der Waals surface area contributed by atoms with Crippen LogP contribution in [0.15, 0.2) is 60.7 Å². The summed E-state index contributed by atoms with van der Waals surface area (Å²) in [5, 5.41) is 20.2. The SMILES string of the molecule is Oc1ccc2c(c1)Oc1cc(OCC(O)CC3CO3)ccc1C21OCc2ccccc21. The normalized spacial score (nSPS) is 23.5. The molecule has 1 fully saturated rings. The van der Waals surface area contributed by atoms with Gasteiger partial charge in [0.15, 0.2) is 5.60 Å². The Morgan fingerprint density at radius 2 is 1.77 bits per heavy atom. The summed E-state index contributed by atoms with van der Waals surface area (Å²) in [6.45, 7) is 1.38. The van der Waals surface area contributed by atoms with Crippen LogP contribution in [-0.2, 0) is 21.7 Å². The van der Waals surface area contributed by atoms with Gasteiger partial charge in [-0.3, -0.25) is 0 Å². The lowest BCUT2D eigenvalue weighted by Gasteiger charge is -2.37. The third-order valence-electron chi connectivity index (χ3n) is 6.12. The van der Waals surface area contributed by atoms with E-state index in [-0.39, 0.29) is 18.5 Å². The summed E-state index contributed by atoms with van der Waals surface area (Å²) >= 11 is 0. The zero-order valence-electron chi connectivity index (χ0n) is 16.8. The quantitative estimate of drug-likeness (QED) is 0.613. The number of ether oxygens (including phenoxy) is 4. The molecule has 3 aliphatic heterocycles. The second kappa shape index (κ2) is 6.99. The summed E-state index contributed by atoms with van der Waals surface area (Å²) < 4.78 is 23.6. The fourth-order valence-corrected chi connectivity index (χ4v) is 4.58. The van der Waals surface area contributed by atoms with Gasteiger partial charge in [0.2, 0.25) is 0 Å². The molecule has 6 nitrogen and oxygen atoms in total. The molecule has 3 aliphatic rings. The molecule has 0 bridgehead atoms. The highest BCUT2D eigenvalue weighted by Crippen LogP contribution is 2.56. The highest BCUT2D eigenvalue weighted by atomic mass is 16.6. The van der Waals surface area contributed by atoms with Crippen molar-refractivity contribution < 1.29 is 29.2 Å². The predicted molar refractivity (Wildman–Crippen MR) is 112 cm³/mol. The van der Waals surface area contributed by atoms with Crippen LogP contribution in [0.5, 0.6) is 23.0 Å². The van der Waals surface area contributed by atoms with E-state index in [4.69, 9.17) is 18.9 Å². The van der Waals surface area contributed by atoms with E-state index in [0.29, 0.717) is 36.9 Å². The third kappa shape index (κ3) is 3.07. The van der Waals surface area contributed by atoms with Crippen LogP contribution in [0.3, 0.4) is 0 Å². The molecule has 0 aromatic heterocycles. The summed E-state index contributed by atoms with van der Waals surface area (Å²) in [5.74, 6) is 1.88. The van der Waals surface area contributed by atoms with Gasteiger partial charge in [-0.15, -0.1) is 0 Å². The van der Waals surface area contributed by atoms with Crippen molar-refractivity contribution in [1.29, 1.82) is 0 Å². The van der Waals surface area contributed by atoms with E-state index >= 15 is 0 Å². The van der Waals surface area contributed by atoms with Crippen LogP contribution < -0.4 is 9.47 Å². The standard InChI is InChI=1S/C25H22O6/c26-16-5-7-21-23(10-16)31-24-11-18(28-13-17(27)9-19-14-29-19)6-8-22(24)25(21)20-4-2-1-3-15(20)12-30-25/h1-8,10-11,17,19,26-27H,9,12-14H2. The number of phenolic OH excluding ortho intramolecular Hbond substituents is 1. The summed E-state index contributed by atoms with van der Waals surface area (Å²) in [5.41, 5.74) is 3.13. The number of aromatic hydroxyl groups is 1. The van der Waals surface area contributed by atoms with Crippen LogP contribution in [0, 0.1) is 0 Å². The Hall–Kier alpha value is -3.06. The Morgan fingerprint density at radius 1 is 1.00 bits per heavy atom. The molecule has 3 aromatic carbocycles. The van der Waals surface area contributed by atoms with Gasteiger partial charge in [-0.2, -0.15) is 0 Å². The number of fused-ring (bicyclic) bond motifs is 6. The molecule has 0 amide bonds. The maximum atomic E-state index is 10.1. The molecule has 1 spiro atoms. The number of aliphatic hydroxyl groups excluding tert-OH is 1. The molecule has 31 heavy (non-hydrogen) atoms. The highest BCUT2D eigenvalue weighted by molar-refractivity contribution is 5.65. The van der Waals surface area contributed by atoms with Gasteiger partial charge in [0, 0.05) is 29.7 Å². The molecule has 0 radical (unpaired) electrons. The van der Waals surface area contributed by atoms with Gasteiger partial charge < -0.3 is 29.2 Å². The van der Waals surface area contributed by atoms with Crippen molar-refractivity contribution in [2.45, 2.75) is 30.8 Å². The molecule has 3 atom stereocenters. The number of rotatable bonds is 5. The first-order valence-electron chi connectivity index (χ1n) is 10.4. The zero-order valence-corrected chi connectivity index (χ0v) is 16.8. The van der Waals surface area contributed by atoms with Crippen molar-refractivity contribution in [3.8, 4) is 23.0 Å². The van der Waals surface area contributed by atoms with Crippen LogP contribution in [0.4, 0.5) is 0 Å². The van der Waals surface area contributed by atoms with Crippen LogP contribution >= 0.6 is 0 Å². The van der Waals surface area contributed by atoms with Crippen LogP contribution in [0.1, 0.15) is 28.7 Å². The predicted octanol–water partition coefficient (Wildman–Crippen LogP) is 3.85. The van der Waals surface area contributed by atoms with Crippen LogP contribution in [0.25, 0.3) is 0 Å². The Bertz CT molecular complexity index is 1150. The minimum Gasteiger partial charge on any atom is -0.508 e. The maximum absolute atomic E-state index is 10.1. The molecule has 6 heteroatoms. The lowest BCUT2D eigenvalue weighted by Crippen LogP contribution is -2.32. The van der Waals surface area contributed by atoms with E-state index in [1.54, 1.807) is 12.1 Å². The van der Waals surface area contributed by atoms with Crippen molar-refractivity contribution >= 4 is 0 Å². The first-order chi connectivity index (χ1) is 15.1. The molecule has 3 heterocycles.